The van der Waals surface area contributed by atoms with Crippen LogP contribution in [-0.2, 0) is 16.0 Å². The van der Waals surface area contributed by atoms with E-state index < -0.39 is 12.1 Å². The Morgan fingerprint density at radius 1 is 1.17 bits per heavy atom. The number of rotatable bonds is 7. The second kappa shape index (κ2) is 9.65. The number of nitrogens with two attached hydrogens (primary N) is 1. The lowest BCUT2D eigenvalue weighted by molar-refractivity contribution is -0.140. The zero-order valence-corrected chi connectivity index (χ0v) is 17.1. The first-order valence-electron chi connectivity index (χ1n) is 10.3. The molecule has 1 unspecified atom stereocenters. The molecule has 6 nitrogen and oxygen atoms in total. The molecule has 0 aliphatic carbocycles. The van der Waals surface area contributed by atoms with E-state index in [9.17, 15) is 9.59 Å². The first-order chi connectivity index (χ1) is 14.0. The highest BCUT2D eigenvalue weighted by Gasteiger charge is 2.37. The Bertz CT molecular complexity index is 810. The largest absolute Gasteiger partial charge is 0.347 e. The quantitative estimate of drug-likeness (QED) is 0.755. The first-order valence-corrected chi connectivity index (χ1v) is 10.3. The van der Waals surface area contributed by atoms with Gasteiger partial charge in [0, 0.05) is 24.9 Å². The van der Waals surface area contributed by atoms with Crippen LogP contribution < -0.4 is 11.1 Å². The zero-order valence-electron chi connectivity index (χ0n) is 17.1. The minimum absolute atomic E-state index is 0.0352. The summed E-state index contributed by atoms with van der Waals surface area (Å²) in [5, 5.41) is 3.16. The molecule has 3 atom stereocenters. The molecule has 2 aromatic rings. The van der Waals surface area contributed by atoms with Gasteiger partial charge >= 0.3 is 0 Å². The molecule has 3 rings (SSSR count). The predicted octanol–water partition coefficient (Wildman–Crippen LogP) is 2.46. The highest BCUT2D eigenvalue weighted by Crippen LogP contribution is 2.23. The van der Waals surface area contributed by atoms with Gasteiger partial charge in [-0.3, -0.25) is 14.6 Å². The number of amides is 2. The van der Waals surface area contributed by atoms with Crippen LogP contribution in [-0.4, -0.2) is 40.3 Å². The van der Waals surface area contributed by atoms with Gasteiger partial charge < -0.3 is 16.0 Å². The molecule has 3 N–H and O–H groups in total. The summed E-state index contributed by atoms with van der Waals surface area (Å²) in [6.07, 6.45) is 3.81. The highest BCUT2D eigenvalue weighted by molar-refractivity contribution is 5.90. The van der Waals surface area contributed by atoms with Crippen LogP contribution in [0.5, 0.6) is 0 Å². The molecule has 1 aliphatic heterocycles. The molecular weight excluding hydrogens is 364 g/mol. The van der Waals surface area contributed by atoms with Crippen molar-refractivity contribution in [2.24, 2.45) is 11.7 Å². The van der Waals surface area contributed by atoms with Gasteiger partial charge in [0.1, 0.15) is 6.04 Å². The number of nitrogens with one attached hydrogen (secondary N) is 1. The molecule has 1 aliphatic rings. The van der Waals surface area contributed by atoms with Gasteiger partial charge in [0.05, 0.1) is 12.1 Å². The number of nitrogens with zero attached hydrogens (tertiary/aromatic N) is 2. The van der Waals surface area contributed by atoms with Gasteiger partial charge in [-0.15, -0.1) is 0 Å². The van der Waals surface area contributed by atoms with Crippen molar-refractivity contribution in [1.29, 1.82) is 0 Å². The predicted molar refractivity (Wildman–Crippen MR) is 113 cm³/mol. The molecule has 154 valence electrons. The summed E-state index contributed by atoms with van der Waals surface area (Å²) < 4.78 is 0. The molecule has 0 radical (unpaired) electrons. The summed E-state index contributed by atoms with van der Waals surface area (Å²) in [5.74, 6) is -0.233. The van der Waals surface area contributed by atoms with Gasteiger partial charge in [-0.1, -0.05) is 50.2 Å². The normalized spacial score (nSPS) is 18.5. The number of aromatic nitrogens is 1. The Hall–Kier alpha value is -2.73. The second-order valence-corrected chi connectivity index (χ2v) is 7.96. The lowest BCUT2D eigenvalue weighted by Gasteiger charge is -2.29. The molecule has 1 fully saturated rings. The molecule has 1 saturated heterocycles. The van der Waals surface area contributed by atoms with E-state index in [2.05, 4.69) is 10.3 Å². The van der Waals surface area contributed by atoms with E-state index >= 15 is 0 Å². The van der Waals surface area contributed by atoms with Crippen molar-refractivity contribution in [1.82, 2.24) is 15.2 Å². The maximum atomic E-state index is 13.2. The molecular formula is C23H30N4O2. The molecule has 0 spiro atoms. The third-order valence-corrected chi connectivity index (χ3v) is 5.50. The van der Waals surface area contributed by atoms with Crippen LogP contribution in [0, 0.1) is 5.92 Å². The fourth-order valence-corrected chi connectivity index (χ4v) is 3.71. The standard InChI is InChI=1S/C23H30N4O2/c1-16(2)21(24)23(29)27-14-8-12-20(27)22(28)26-19(17-9-4-3-5-10-17)15-18-11-6-7-13-25-18/h3-7,9-11,13,16,19-21H,8,12,14-15,24H2,1-2H3,(H,26,28)/t19-,20?,21-/m0/s1. The van der Waals surface area contributed by atoms with Crippen LogP contribution in [0.4, 0.5) is 0 Å². The van der Waals surface area contributed by atoms with Crippen LogP contribution in [0.3, 0.4) is 0 Å². The Labute approximate surface area is 172 Å². The second-order valence-electron chi connectivity index (χ2n) is 7.96. The molecule has 2 amide bonds. The minimum atomic E-state index is -0.582. The maximum absolute atomic E-state index is 13.2. The van der Waals surface area contributed by atoms with E-state index in [4.69, 9.17) is 5.73 Å². The van der Waals surface area contributed by atoms with E-state index in [0.29, 0.717) is 19.4 Å². The average molecular weight is 395 g/mol. The van der Waals surface area contributed by atoms with Crippen molar-refractivity contribution in [3.63, 3.8) is 0 Å². The smallest absolute Gasteiger partial charge is 0.243 e. The molecule has 6 heteroatoms. The number of carbonyl (C=O) groups is 2. The number of likely N-dealkylation sites (tertiary alicyclic amines) is 1. The Morgan fingerprint density at radius 3 is 2.55 bits per heavy atom. The van der Waals surface area contributed by atoms with Gasteiger partial charge in [-0.25, -0.2) is 0 Å². The van der Waals surface area contributed by atoms with Crippen molar-refractivity contribution >= 4 is 11.8 Å². The molecule has 2 heterocycles. The Kier molecular flexibility index (Phi) is 6.99. The van der Waals surface area contributed by atoms with Gasteiger partial charge in [0.2, 0.25) is 11.8 Å². The third-order valence-electron chi connectivity index (χ3n) is 5.50. The highest BCUT2D eigenvalue weighted by atomic mass is 16.2. The van der Waals surface area contributed by atoms with E-state index in [-0.39, 0.29) is 23.8 Å². The summed E-state index contributed by atoms with van der Waals surface area (Å²) in [4.78, 5) is 32.0. The van der Waals surface area contributed by atoms with E-state index in [1.54, 1.807) is 11.1 Å². The summed E-state index contributed by atoms with van der Waals surface area (Å²) in [6.45, 7) is 4.42. The summed E-state index contributed by atoms with van der Waals surface area (Å²) in [7, 11) is 0. The number of hydrogen-bond acceptors (Lipinski definition) is 4. The number of pyridine rings is 1. The van der Waals surface area contributed by atoms with E-state index in [0.717, 1.165) is 17.7 Å². The van der Waals surface area contributed by atoms with Crippen molar-refractivity contribution in [3.05, 3.63) is 66.0 Å². The van der Waals surface area contributed by atoms with Gasteiger partial charge in [-0.2, -0.15) is 0 Å². The molecule has 1 aromatic heterocycles. The van der Waals surface area contributed by atoms with Crippen LogP contribution in [0.25, 0.3) is 0 Å². The summed E-state index contributed by atoms with van der Waals surface area (Å²) in [5.41, 5.74) is 7.99. The van der Waals surface area contributed by atoms with Crippen molar-refractivity contribution in [2.75, 3.05) is 6.54 Å². The van der Waals surface area contributed by atoms with E-state index in [1.165, 1.54) is 0 Å². The lowest BCUT2D eigenvalue weighted by atomic mass is 10.0. The zero-order chi connectivity index (χ0) is 20.8. The van der Waals surface area contributed by atoms with Gasteiger partial charge in [0.15, 0.2) is 0 Å². The topological polar surface area (TPSA) is 88.3 Å². The average Bonchev–Trinajstić information content (AvgIpc) is 3.23. The molecule has 0 saturated carbocycles. The van der Waals surface area contributed by atoms with Crippen LogP contribution >= 0.6 is 0 Å². The first kappa shape index (κ1) is 21.0. The Morgan fingerprint density at radius 2 is 1.90 bits per heavy atom. The summed E-state index contributed by atoms with van der Waals surface area (Å²) >= 11 is 0. The van der Waals surface area contributed by atoms with Crippen molar-refractivity contribution < 1.29 is 9.59 Å². The summed E-state index contributed by atoms with van der Waals surface area (Å²) in [6, 6.07) is 14.4. The lowest BCUT2D eigenvalue weighted by Crippen LogP contribution is -2.53. The number of carbonyl (C=O) groups excluding carboxylic acids is 2. The van der Waals surface area contributed by atoms with Crippen molar-refractivity contribution in [2.45, 2.75) is 51.2 Å². The molecule has 29 heavy (non-hydrogen) atoms. The van der Waals surface area contributed by atoms with Crippen molar-refractivity contribution in [3.8, 4) is 0 Å². The van der Waals surface area contributed by atoms with Gasteiger partial charge in [-0.05, 0) is 36.5 Å². The molecule has 0 bridgehead atoms. The molecule has 1 aromatic carbocycles. The third kappa shape index (κ3) is 5.21. The fourth-order valence-electron chi connectivity index (χ4n) is 3.71. The minimum Gasteiger partial charge on any atom is -0.347 e. The SMILES string of the molecule is CC(C)[C@H](N)C(=O)N1CCCC1C(=O)N[C@@H](Cc1ccccn1)c1ccccc1. The maximum Gasteiger partial charge on any atom is 0.243 e. The number of benzene rings is 1. The van der Waals surface area contributed by atoms with Crippen LogP contribution in [0.15, 0.2) is 54.7 Å². The number of hydrogen-bond donors (Lipinski definition) is 2. The van der Waals surface area contributed by atoms with Crippen LogP contribution in [0.1, 0.15) is 44.0 Å². The van der Waals surface area contributed by atoms with Gasteiger partial charge in [0.25, 0.3) is 0 Å². The monoisotopic (exact) mass is 394 g/mol. The Balaban J connectivity index is 1.76. The fraction of sp³-hybridized carbons (Fsp3) is 0.435. The van der Waals surface area contributed by atoms with E-state index in [1.807, 2.05) is 62.4 Å². The van der Waals surface area contributed by atoms with Crippen LogP contribution in [0.2, 0.25) is 0 Å².